The van der Waals surface area contributed by atoms with Gasteiger partial charge in [0.2, 0.25) is 5.91 Å². The molecular formula is C12H11ClINO2. The summed E-state index contributed by atoms with van der Waals surface area (Å²) in [6, 6.07) is 5.33. The van der Waals surface area contributed by atoms with Crippen molar-refractivity contribution >= 4 is 51.7 Å². The average Bonchev–Trinajstić information content (AvgIpc) is 2.31. The third-order valence-electron chi connectivity index (χ3n) is 2.23. The average molecular weight is 364 g/mol. The Morgan fingerprint density at radius 2 is 2.18 bits per heavy atom. The molecule has 3 nitrogen and oxygen atoms in total. The summed E-state index contributed by atoms with van der Waals surface area (Å²) in [5.74, 6) is 1.56. The Balaban J connectivity index is 2.96. The van der Waals surface area contributed by atoms with Crippen LogP contribution in [0.25, 0.3) is 0 Å². The number of halogens is 2. The van der Waals surface area contributed by atoms with E-state index >= 15 is 0 Å². The van der Waals surface area contributed by atoms with E-state index in [0.717, 1.165) is 9.26 Å². The van der Waals surface area contributed by atoms with Crippen molar-refractivity contribution in [2.75, 3.05) is 11.9 Å². The van der Waals surface area contributed by atoms with Crippen molar-refractivity contribution in [1.82, 2.24) is 0 Å². The molecule has 0 N–H and O–H groups in total. The van der Waals surface area contributed by atoms with Gasteiger partial charge in [0.1, 0.15) is 5.94 Å². The molecule has 0 fully saturated rings. The quantitative estimate of drug-likeness (QED) is 0.611. The van der Waals surface area contributed by atoms with Crippen LogP contribution in [0, 0.1) is 3.57 Å². The second kappa shape index (κ2) is 6.19. The highest BCUT2D eigenvalue weighted by Crippen LogP contribution is 2.26. The van der Waals surface area contributed by atoms with Crippen LogP contribution < -0.4 is 4.90 Å². The SMILES string of the molecule is CC(=C=O)CC(=O)N(C)c1cc(Cl)ccc1I. The summed E-state index contributed by atoms with van der Waals surface area (Å²) in [5, 5.41) is 0.572. The molecule has 1 rings (SSSR count). The zero-order valence-corrected chi connectivity index (χ0v) is 12.4. The number of nitrogens with zero attached hydrogens (tertiary/aromatic N) is 1. The molecule has 1 aromatic carbocycles. The highest BCUT2D eigenvalue weighted by molar-refractivity contribution is 14.1. The van der Waals surface area contributed by atoms with Crippen LogP contribution in [-0.2, 0) is 9.59 Å². The fraction of sp³-hybridized carbons (Fsp3) is 0.250. The van der Waals surface area contributed by atoms with Gasteiger partial charge in [-0.2, -0.15) is 0 Å². The number of rotatable bonds is 3. The van der Waals surface area contributed by atoms with Crippen molar-refractivity contribution in [1.29, 1.82) is 0 Å². The molecule has 17 heavy (non-hydrogen) atoms. The molecule has 0 aliphatic heterocycles. The number of anilines is 1. The summed E-state index contributed by atoms with van der Waals surface area (Å²) < 4.78 is 0.926. The van der Waals surface area contributed by atoms with E-state index in [2.05, 4.69) is 22.6 Å². The molecule has 5 heteroatoms. The largest absolute Gasteiger partial charge is 0.314 e. The summed E-state index contributed by atoms with van der Waals surface area (Å²) in [7, 11) is 1.66. The fourth-order valence-electron chi connectivity index (χ4n) is 1.26. The first-order valence-electron chi connectivity index (χ1n) is 4.88. The molecule has 0 unspecified atom stereocenters. The summed E-state index contributed by atoms with van der Waals surface area (Å²) in [6.45, 7) is 1.58. The monoisotopic (exact) mass is 363 g/mol. The molecule has 1 aromatic rings. The maximum atomic E-state index is 11.9. The number of hydrogen-bond donors (Lipinski definition) is 0. The highest BCUT2D eigenvalue weighted by atomic mass is 127. The lowest BCUT2D eigenvalue weighted by atomic mass is 10.2. The Labute approximate surface area is 119 Å². The van der Waals surface area contributed by atoms with Crippen LogP contribution in [0.5, 0.6) is 0 Å². The number of carbonyl (C=O) groups is 1. The molecule has 0 aliphatic rings. The van der Waals surface area contributed by atoms with Crippen LogP contribution in [0.1, 0.15) is 13.3 Å². The number of amides is 1. The van der Waals surface area contributed by atoms with Gasteiger partial charge in [0, 0.05) is 21.2 Å². The van der Waals surface area contributed by atoms with Gasteiger partial charge in [0.05, 0.1) is 12.1 Å². The van der Waals surface area contributed by atoms with E-state index in [-0.39, 0.29) is 12.3 Å². The first kappa shape index (κ1) is 14.2. The lowest BCUT2D eigenvalue weighted by molar-refractivity contribution is -0.117. The van der Waals surface area contributed by atoms with Gasteiger partial charge in [-0.05, 0) is 47.7 Å². The van der Waals surface area contributed by atoms with Crippen LogP contribution in [0.2, 0.25) is 5.02 Å². The third-order valence-corrected chi connectivity index (χ3v) is 3.38. The molecule has 0 bridgehead atoms. The summed E-state index contributed by atoms with van der Waals surface area (Å²) in [5.41, 5.74) is 1.13. The Hall–Kier alpha value is -0.840. The third kappa shape index (κ3) is 3.84. The minimum atomic E-state index is -0.161. The molecule has 0 heterocycles. The Bertz CT molecular complexity index is 495. The van der Waals surface area contributed by atoms with E-state index in [1.54, 1.807) is 32.0 Å². The lowest BCUT2D eigenvalue weighted by Gasteiger charge is -2.18. The van der Waals surface area contributed by atoms with E-state index < -0.39 is 0 Å². The molecule has 0 saturated heterocycles. The van der Waals surface area contributed by atoms with Crippen LogP contribution >= 0.6 is 34.2 Å². The van der Waals surface area contributed by atoms with Crippen molar-refractivity contribution in [3.63, 3.8) is 0 Å². The molecule has 0 radical (unpaired) electrons. The van der Waals surface area contributed by atoms with E-state index in [4.69, 9.17) is 11.6 Å². The van der Waals surface area contributed by atoms with Crippen LogP contribution in [0.15, 0.2) is 23.8 Å². The minimum Gasteiger partial charge on any atom is -0.314 e. The zero-order chi connectivity index (χ0) is 13.0. The Morgan fingerprint density at radius 3 is 2.76 bits per heavy atom. The van der Waals surface area contributed by atoms with Crippen molar-refractivity contribution in [2.24, 2.45) is 0 Å². The van der Waals surface area contributed by atoms with Gasteiger partial charge >= 0.3 is 0 Å². The molecule has 0 saturated carbocycles. The molecule has 0 aromatic heterocycles. The Morgan fingerprint density at radius 1 is 1.53 bits per heavy atom. The second-order valence-corrected chi connectivity index (χ2v) is 5.21. The first-order chi connectivity index (χ1) is 7.95. The Kier molecular flexibility index (Phi) is 5.18. The maximum absolute atomic E-state index is 11.9. The van der Waals surface area contributed by atoms with Gasteiger partial charge in [-0.1, -0.05) is 11.6 Å². The van der Waals surface area contributed by atoms with Crippen LogP contribution in [0.4, 0.5) is 5.69 Å². The lowest BCUT2D eigenvalue weighted by Crippen LogP contribution is -2.26. The van der Waals surface area contributed by atoms with Gasteiger partial charge < -0.3 is 4.90 Å². The van der Waals surface area contributed by atoms with Crippen molar-refractivity contribution < 1.29 is 9.59 Å². The normalized spacial score (nSPS) is 9.65. The predicted octanol–water partition coefficient (Wildman–Crippen LogP) is 3.08. The van der Waals surface area contributed by atoms with Crippen molar-refractivity contribution in [3.8, 4) is 0 Å². The molecule has 0 aliphatic carbocycles. The minimum absolute atomic E-state index is 0.0720. The van der Waals surface area contributed by atoms with Crippen LogP contribution in [-0.4, -0.2) is 18.9 Å². The second-order valence-electron chi connectivity index (χ2n) is 3.61. The standard InChI is InChI=1S/C12H11ClINO2/c1-8(7-16)5-12(17)15(2)11-6-9(13)3-4-10(11)14/h3-4,6H,5H2,1-2H3. The molecular weight excluding hydrogens is 352 g/mol. The van der Waals surface area contributed by atoms with E-state index in [1.807, 2.05) is 6.07 Å². The highest BCUT2D eigenvalue weighted by Gasteiger charge is 2.14. The van der Waals surface area contributed by atoms with Gasteiger partial charge in [0.25, 0.3) is 0 Å². The van der Waals surface area contributed by atoms with E-state index in [1.165, 1.54) is 4.90 Å². The number of benzene rings is 1. The van der Waals surface area contributed by atoms with E-state index in [9.17, 15) is 9.59 Å². The number of hydrogen-bond acceptors (Lipinski definition) is 2. The molecule has 0 atom stereocenters. The topological polar surface area (TPSA) is 37.4 Å². The maximum Gasteiger partial charge on any atom is 0.231 e. The molecule has 1 amide bonds. The number of carbonyl (C=O) groups excluding carboxylic acids is 2. The predicted molar refractivity (Wildman–Crippen MR) is 77.1 cm³/mol. The van der Waals surface area contributed by atoms with Gasteiger partial charge in [0.15, 0.2) is 0 Å². The van der Waals surface area contributed by atoms with Crippen LogP contribution in [0.3, 0.4) is 0 Å². The van der Waals surface area contributed by atoms with Gasteiger partial charge in [-0.25, -0.2) is 4.79 Å². The summed E-state index contributed by atoms with van der Waals surface area (Å²) in [4.78, 5) is 23.7. The van der Waals surface area contributed by atoms with Crippen molar-refractivity contribution in [2.45, 2.75) is 13.3 Å². The molecule has 0 spiro atoms. The first-order valence-corrected chi connectivity index (χ1v) is 6.33. The van der Waals surface area contributed by atoms with Crippen molar-refractivity contribution in [3.05, 3.63) is 32.4 Å². The summed E-state index contributed by atoms with van der Waals surface area (Å²) in [6.07, 6.45) is 0.0720. The van der Waals surface area contributed by atoms with E-state index in [0.29, 0.717) is 10.6 Å². The smallest absolute Gasteiger partial charge is 0.231 e. The zero-order valence-electron chi connectivity index (χ0n) is 9.46. The molecule has 90 valence electrons. The fourth-order valence-corrected chi connectivity index (χ4v) is 2.12. The summed E-state index contributed by atoms with van der Waals surface area (Å²) >= 11 is 8.02. The van der Waals surface area contributed by atoms with Gasteiger partial charge in [-0.15, -0.1) is 0 Å². The van der Waals surface area contributed by atoms with Gasteiger partial charge in [-0.3, -0.25) is 4.79 Å².